The summed E-state index contributed by atoms with van der Waals surface area (Å²) in [6.07, 6.45) is 4.58. The van der Waals surface area contributed by atoms with Gasteiger partial charge >= 0.3 is 0 Å². The van der Waals surface area contributed by atoms with Crippen molar-refractivity contribution >= 4 is 5.91 Å². The third kappa shape index (κ3) is 5.07. The van der Waals surface area contributed by atoms with Gasteiger partial charge in [0.1, 0.15) is 6.61 Å². The molecule has 5 heteroatoms. The molecular weight excluding hydrogens is 343 g/mol. The molecule has 4 nitrogen and oxygen atoms in total. The van der Waals surface area contributed by atoms with Crippen LogP contribution in [0.3, 0.4) is 0 Å². The first-order valence-corrected chi connectivity index (χ1v) is 9.70. The summed E-state index contributed by atoms with van der Waals surface area (Å²) in [5.41, 5.74) is 1.89. The number of nitrogens with one attached hydrogen (secondary N) is 1. The lowest BCUT2D eigenvalue weighted by atomic mass is 10.1. The molecule has 0 atom stereocenters. The van der Waals surface area contributed by atoms with Crippen LogP contribution in [0.1, 0.15) is 41.6 Å². The first-order valence-electron chi connectivity index (χ1n) is 9.70. The van der Waals surface area contributed by atoms with Crippen LogP contribution in [-0.4, -0.2) is 36.0 Å². The van der Waals surface area contributed by atoms with Crippen molar-refractivity contribution in [1.29, 1.82) is 0 Å². The number of hydrogen-bond acceptors (Lipinski definition) is 3. The monoisotopic (exact) mass is 368 g/mol. The largest absolute Gasteiger partial charge is 0.489 e. The lowest BCUT2D eigenvalue weighted by Crippen LogP contribution is -2.30. The Morgan fingerprint density at radius 2 is 1.81 bits per heavy atom. The topological polar surface area (TPSA) is 41.6 Å². The highest BCUT2D eigenvalue weighted by Crippen LogP contribution is 2.28. The van der Waals surface area contributed by atoms with Crippen LogP contribution in [0.4, 0.5) is 4.39 Å². The number of para-hydroxylation sites is 1. The van der Waals surface area contributed by atoms with Gasteiger partial charge in [0.05, 0.1) is 0 Å². The molecule has 2 aliphatic rings. The first kappa shape index (κ1) is 18.0. The number of ether oxygens (including phenoxy) is 1. The van der Waals surface area contributed by atoms with E-state index in [1.54, 1.807) is 18.2 Å². The van der Waals surface area contributed by atoms with E-state index in [4.69, 9.17) is 4.74 Å². The molecule has 0 aromatic heterocycles. The maximum Gasteiger partial charge on any atom is 0.251 e. The third-order valence-electron chi connectivity index (χ3n) is 5.05. The van der Waals surface area contributed by atoms with Crippen LogP contribution in [0, 0.1) is 5.82 Å². The Morgan fingerprint density at radius 3 is 2.48 bits per heavy atom. The summed E-state index contributed by atoms with van der Waals surface area (Å²) in [7, 11) is 0. The van der Waals surface area contributed by atoms with Gasteiger partial charge in [0, 0.05) is 30.7 Å². The molecule has 2 saturated carbocycles. The number of benzene rings is 2. The van der Waals surface area contributed by atoms with E-state index in [0.29, 0.717) is 30.0 Å². The Hall–Kier alpha value is -2.40. The van der Waals surface area contributed by atoms with Gasteiger partial charge in [-0.3, -0.25) is 9.69 Å². The van der Waals surface area contributed by atoms with Gasteiger partial charge in [0.25, 0.3) is 5.91 Å². The van der Waals surface area contributed by atoms with Crippen LogP contribution in [0.15, 0.2) is 48.5 Å². The lowest BCUT2D eigenvalue weighted by molar-refractivity contribution is 0.0951. The van der Waals surface area contributed by atoms with E-state index in [2.05, 4.69) is 10.2 Å². The number of hydrogen-bond donors (Lipinski definition) is 1. The maximum atomic E-state index is 13.6. The molecule has 0 radical (unpaired) electrons. The normalized spacial score (nSPS) is 16.4. The van der Waals surface area contributed by atoms with Crippen LogP contribution in [0.2, 0.25) is 0 Å². The Kier molecular flexibility index (Phi) is 5.39. The number of amides is 1. The molecule has 0 saturated heterocycles. The van der Waals surface area contributed by atoms with Gasteiger partial charge in [-0.25, -0.2) is 4.39 Å². The molecular formula is C22H25FN2O2. The minimum absolute atomic E-state index is 0.0152. The smallest absolute Gasteiger partial charge is 0.251 e. The standard InChI is InChI=1S/C22H25FN2O2/c23-20-3-1-2-4-21(20)27-14-13-25(19-11-12-19)15-16-5-7-17(8-6-16)22(26)24-18-9-10-18/h1-8,18-19H,9-15H2,(H,24,26). The SMILES string of the molecule is O=C(NC1CC1)c1ccc(CN(CCOc2ccccc2F)C2CC2)cc1. The third-order valence-corrected chi connectivity index (χ3v) is 5.05. The fourth-order valence-corrected chi connectivity index (χ4v) is 3.16. The Morgan fingerprint density at radius 1 is 1.07 bits per heavy atom. The molecule has 2 aliphatic carbocycles. The fourth-order valence-electron chi connectivity index (χ4n) is 3.16. The van der Waals surface area contributed by atoms with Crippen molar-refractivity contribution in [3.63, 3.8) is 0 Å². The molecule has 1 N–H and O–H groups in total. The van der Waals surface area contributed by atoms with Crippen LogP contribution < -0.4 is 10.1 Å². The van der Waals surface area contributed by atoms with Gasteiger partial charge in [-0.2, -0.15) is 0 Å². The predicted molar refractivity (Wildman–Crippen MR) is 102 cm³/mol. The zero-order chi connectivity index (χ0) is 18.6. The molecule has 0 spiro atoms. The summed E-state index contributed by atoms with van der Waals surface area (Å²) >= 11 is 0. The summed E-state index contributed by atoms with van der Waals surface area (Å²) in [5, 5.41) is 3.01. The van der Waals surface area contributed by atoms with Crippen molar-refractivity contribution in [2.75, 3.05) is 13.2 Å². The number of halogens is 1. The maximum absolute atomic E-state index is 13.6. The number of carbonyl (C=O) groups excluding carboxylic acids is 1. The van der Waals surface area contributed by atoms with E-state index >= 15 is 0 Å². The van der Waals surface area contributed by atoms with Crippen molar-refractivity contribution in [3.8, 4) is 5.75 Å². The summed E-state index contributed by atoms with van der Waals surface area (Å²) in [5.74, 6) is -0.00352. The number of nitrogens with zero attached hydrogens (tertiary/aromatic N) is 1. The molecule has 2 fully saturated rings. The second kappa shape index (κ2) is 8.09. The summed E-state index contributed by atoms with van der Waals surface area (Å²) in [4.78, 5) is 14.5. The van der Waals surface area contributed by atoms with Crippen LogP contribution in [-0.2, 0) is 6.54 Å². The van der Waals surface area contributed by atoms with Crippen molar-refractivity contribution in [3.05, 3.63) is 65.5 Å². The summed E-state index contributed by atoms with van der Waals surface area (Å²) in [6, 6.07) is 15.3. The van der Waals surface area contributed by atoms with E-state index in [1.807, 2.05) is 24.3 Å². The molecule has 2 aromatic carbocycles. The predicted octanol–water partition coefficient (Wildman–Crippen LogP) is 3.76. The zero-order valence-corrected chi connectivity index (χ0v) is 15.4. The molecule has 142 valence electrons. The Balaban J connectivity index is 1.30. The Labute approximate surface area is 159 Å². The van der Waals surface area contributed by atoms with Crippen molar-refractivity contribution in [2.24, 2.45) is 0 Å². The minimum atomic E-state index is -0.324. The lowest BCUT2D eigenvalue weighted by Gasteiger charge is -2.22. The van der Waals surface area contributed by atoms with Crippen LogP contribution in [0.5, 0.6) is 5.75 Å². The van der Waals surface area contributed by atoms with Crippen molar-refractivity contribution in [2.45, 2.75) is 44.3 Å². The molecule has 0 bridgehead atoms. The first-order chi connectivity index (χ1) is 13.2. The van der Waals surface area contributed by atoms with Crippen molar-refractivity contribution in [1.82, 2.24) is 10.2 Å². The zero-order valence-electron chi connectivity index (χ0n) is 15.4. The minimum Gasteiger partial charge on any atom is -0.489 e. The Bertz CT molecular complexity index is 785. The average Bonchev–Trinajstić information content (AvgIpc) is 3.57. The van der Waals surface area contributed by atoms with Crippen LogP contribution in [0.25, 0.3) is 0 Å². The van der Waals surface area contributed by atoms with E-state index in [0.717, 1.165) is 25.9 Å². The van der Waals surface area contributed by atoms with E-state index in [9.17, 15) is 9.18 Å². The molecule has 1 amide bonds. The molecule has 4 rings (SSSR count). The number of carbonyl (C=O) groups is 1. The quantitative estimate of drug-likeness (QED) is 0.733. The molecule has 0 heterocycles. The van der Waals surface area contributed by atoms with E-state index in [-0.39, 0.29) is 11.7 Å². The second-order valence-corrected chi connectivity index (χ2v) is 7.43. The highest BCUT2D eigenvalue weighted by atomic mass is 19.1. The van der Waals surface area contributed by atoms with E-state index < -0.39 is 0 Å². The molecule has 0 aliphatic heterocycles. The highest BCUT2D eigenvalue weighted by Gasteiger charge is 2.29. The summed E-state index contributed by atoms with van der Waals surface area (Å²) in [6.45, 7) is 2.03. The fraction of sp³-hybridized carbons (Fsp3) is 0.409. The van der Waals surface area contributed by atoms with Gasteiger partial charge < -0.3 is 10.1 Å². The summed E-state index contributed by atoms with van der Waals surface area (Å²) < 4.78 is 19.3. The highest BCUT2D eigenvalue weighted by molar-refractivity contribution is 5.94. The van der Waals surface area contributed by atoms with Gasteiger partial charge in [-0.05, 0) is 55.5 Å². The molecule has 27 heavy (non-hydrogen) atoms. The van der Waals surface area contributed by atoms with Gasteiger partial charge in [0.2, 0.25) is 0 Å². The van der Waals surface area contributed by atoms with Gasteiger partial charge in [-0.1, -0.05) is 24.3 Å². The molecule has 0 unspecified atom stereocenters. The number of rotatable bonds is 9. The van der Waals surface area contributed by atoms with Gasteiger partial charge in [0.15, 0.2) is 11.6 Å². The van der Waals surface area contributed by atoms with Crippen LogP contribution >= 0.6 is 0 Å². The average molecular weight is 368 g/mol. The van der Waals surface area contributed by atoms with Crippen molar-refractivity contribution < 1.29 is 13.9 Å². The molecule has 2 aromatic rings. The van der Waals surface area contributed by atoms with E-state index in [1.165, 1.54) is 24.5 Å². The van der Waals surface area contributed by atoms with Gasteiger partial charge in [-0.15, -0.1) is 0 Å². The second-order valence-electron chi connectivity index (χ2n) is 7.43.